The summed E-state index contributed by atoms with van der Waals surface area (Å²) in [6.45, 7) is 8.80. The lowest BCUT2D eigenvalue weighted by Crippen LogP contribution is -2.49. The quantitative estimate of drug-likeness (QED) is 0.848. The number of nitrogens with zero attached hydrogens (tertiary/aromatic N) is 3. The summed E-state index contributed by atoms with van der Waals surface area (Å²) in [4.78, 5) is 2.52. The molecule has 2 rings (SSSR count). The van der Waals surface area contributed by atoms with Crippen molar-refractivity contribution in [3.8, 4) is 6.07 Å². The van der Waals surface area contributed by atoms with Gasteiger partial charge in [0, 0.05) is 32.7 Å². The van der Waals surface area contributed by atoms with Gasteiger partial charge in [0.15, 0.2) is 0 Å². The highest BCUT2D eigenvalue weighted by Crippen LogP contribution is 2.20. The first kappa shape index (κ1) is 16.9. The molecule has 1 aromatic carbocycles. The van der Waals surface area contributed by atoms with E-state index in [-0.39, 0.29) is 5.92 Å². The lowest BCUT2D eigenvalue weighted by Gasteiger charge is -2.34. The van der Waals surface area contributed by atoms with Crippen LogP contribution in [-0.4, -0.2) is 50.3 Å². The highest BCUT2D eigenvalue weighted by Gasteiger charge is 2.28. The zero-order valence-corrected chi connectivity index (χ0v) is 14.2. The summed E-state index contributed by atoms with van der Waals surface area (Å²) in [7, 11) is -3.42. The summed E-state index contributed by atoms with van der Waals surface area (Å²) in [5, 5.41) is 8.86. The van der Waals surface area contributed by atoms with Crippen LogP contribution in [0, 0.1) is 31.1 Å². The summed E-state index contributed by atoms with van der Waals surface area (Å²) in [5.41, 5.74) is 2.08. The van der Waals surface area contributed by atoms with Gasteiger partial charge < -0.3 is 0 Å². The van der Waals surface area contributed by atoms with Crippen LogP contribution in [0.25, 0.3) is 0 Å². The first-order valence-electron chi connectivity index (χ1n) is 7.54. The van der Waals surface area contributed by atoms with E-state index < -0.39 is 10.0 Å². The minimum absolute atomic E-state index is 0.0251. The average Bonchev–Trinajstić information content (AvgIpc) is 2.50. The normalized spacial score (nSPS) is 18.8. The van der Waals surface area contributed by atoms with Crippen molar-refractivity contribution in [2.24, 2.45) is 5.92 Å². The maximum absolute atomic E-state index is 12.7. The predicted molar refractivity (Wildman–Crippen MR) is 85.9 cm³/mol. The van der Waals surface area contributed by atoms with Gasteiger partial charge in [-0.15, -0.1) is 0 Å². The van der Waals surface area contributed by atoms with E-state index in [1.807, 2.05) is 26.8 Å². The van der Waals surface area contributed by atoms with Gasteiger partial charge in [0.05, 0.1) is 16.9 Å². The highest BCUT2D eigenvalue weighted by atomic mass is 32.2. The Morgan fingerprint density at radius 3 is 2.36 bits per heavy atom. The Hall–Kier alpha value is -1.42. The molecule has 0 unspecified atom stereocenters. The second-order valence-corrected chi connectivity index (χ2v) is 7.92. The summed E-state index contributed by atoms with van der Waals surface area (Å²) >= 11 is 0. The number of sulfonamides is 1. The van der Waals surface area contributed by atoms with Crippen LogP contribution >= 0.6 is 0 Å². The Morgan fingerprint density at radius 1 is 1.18 bits per heavy atom. The molecule has 0 amide bonds. The van der Waals surface area contributed by atoms with Crippen LogP contribution in [0.4, 0.5) is 0 Å². The molecular weight excluding hydrogens is 298 g/mol. The molecule has 0 N–H and O–H groups in total. The Morgan fingerprint density at radius 2 is 1.82 bits per heavy atom. The number of piperazine rings is 1. The average molecular weight is 321 g/mol. The first-order valence-corrected chi connectivity index (χ1v) is 8.98. The standard InChI is InChI=1S/C16H23N3O2S/c1-13(11-17)12-18-6-8-19(9-7-18)22(20,21)16-5-4-14(2)15(3)10-16/h4-5,10,13H,6-9,12H2,1-3H3/t13-/m1/s1. The molecule has 1 aliphatic rings. The monoisotopic (exact) mass is 321 g/mol. The van der Waals surface area contributed by atoms with Gasteiger partial charge in [-0.2, -0.15) is 9.57 Å². The zero-order chi connectivity index (χ0) is 16.3. The van der Waals surface area contributed by atoms with E-state index in [4.69, 9.17) is 5.26 Å². The fourth-order valence-electron chi connectivity index (χ4n) is 2.60. The number of hydrogen-bond acceptors (Lipinski definition) is 4. The van der Waals surface area contributed by atoms with E-state index in [2.05, 4.69) is 11.0 Å². The molecule has 120 valence electrons. The minimum atomic E-state index is -3.42. The smallest absolute Gasteiger partial charge is 0.243 e. The number of rotatable bonds is 4. The lowest BCUT2D eigenvalue weighted by molar-refractivity contribution is 0.178. The number of hydrogen-bond donors (Lipinski definition) is 0. The molecule has 0 aliphatic carbocycles. The molecule has 0 saturated carbocycles. The fraction of sp³-hybridized carbons (Fsp3) is 0.562. The van der Waals surface area contributed by atoms with Crippen LogP contribution in [-0.2, 0) is 10.0 Å². The van der Waals surface area contributed by atoms with E-state index in [1.54, 1.807) is 16.4 Å². The van der Waals surface area contributed by atoms with Crippen molar-refractivity contribution in [2.75, 3.05) is 32.7 Å². The zero-order valence-electron chi connectivity index (χ0n) is 13.4. The lowest BCUT2D eigenvalue weighted by atomic mass is 10.1. The van der Waals surface area contributed by atoms with E-state index in [1.165, 1.54) is 0 Å². The molecule has 0 spiro atoms. The van der Waals surface area contributed by atoms with Crippen LogP contribution < -0.4 is 0 Å². The first-order chi connectivity index (χ1) is 10.3. The van der Waals surface area contributed by atoms with Crippen molar-refractivity contribution in [1.29, 1.82) is 5.26 Å². The number of benzene rings is 1. The molecule has 0 bridgehead atoms. The third-order valence-electron chi connectivity index (χ3n) is 4.20. The maximum atomic E-state index is 12.7. The summed E-state index contributed by atoms with van der Waals surface area (Å²) in [6.07, 6.45) is 0. The second-order valence-electron chi connectivity index (χ2n) is 5.98. The van der Waals surface area contributed by atoms with Crippen molar-refractivity contribution >= 4 is 10.0 Å². The maximum Gasteiger partial charge on any atom is 0.243 e. The van der Waals surface area contributed by atoms with Gasteiger partial charge in [-0.25, -0.2) is 8.42 Å². The molecule has 22 heavy (non-hydrogen) atoms. The SMILES string of the molecule is Cc1ccc(S(=O)(=O)N2CCN(C[C@H](C)C#N)CC2)cc1C. The van der Waals surface area contributed by atoms with Crippen molar-refractivity contribution in [3.05, 3.63) is 29.3 Å². The fourth-order valence-corrected chi connectivity index (χ4v) is 4.11. The Balaban J connectivity index is 2.06. The van der Waals surface area contributed by atoms with Gasteiger partial charge in [0.2, 0.25) is 10.0 Å². The van der Waals surface area contributed by atoms with Crippen molar-refractivity contribution < 1.29 is 8.42 Å². The second kappa shape index (κ2) is 6.78. The van der Waals surface area contributed by atoms with Crippen molar-refractivity contribution in [3.63, 3.8) is 0 Å². The van der Waals surface area contributed by atoms with E-state index in [9.17, 15) is 8.42 Å². The van der Waals surface area contributed by atoms with Crippen molar-refractivity contribution in [1.82, 2.24) is 9.21 Å². The highest BCUT2D eigenvalue weighted by molar-refractivity contribution is 7.89. The molecule has 1 aromatic rings. The topological polar surface area (TPSA) is 64.4 Å². The molecule has 1 heterocycles. The van der Waals surface area contributed by atoms with Crippen LogP contribution in [0.15, 0.2) is 23.1 Å². The Labute approximate surface area is 133 Å². The Bertz CT molecular complexity index is 671. The van der Waals surface area contributed by atoms with E-state index in [0.717, 1.165) is 11.1 Å². The molecule has 0 aromatic heterocycles. The van der Waals surface area contributed by atoms with Crippen LogP contribution in [0.2, 0.25) is 0 Å². The van der Waals surface area contributed by atoms with Gasteiger partial charge >= 0.3 is 0 Å². The molecule has 0 radical (unpaired) electrons. The largest absolute Gasteiger partial charge is 0.299 e. The Kier molecular flexibility index (Phi) is 5.22. The van der Waals surface area contributed by atoms with E-state index >= 15 is 0 Å². The molecule has 1 fully saturated rings. The van der Waals surface area contributed by atoms with E-state index in [0.29, 0.717) is 37.6 Å². The van der Waals surface area contributed by atoms with Gasteiger partial charge in [0.1, 0.15) is 0 Å². The molecule has 1 saturated heterocycles. The molecular formula is C16H23N3O2S. The van der Waals surface area contributed by atoms with Gasteiger partial charge in [-0.05, 0) is 44.0 Å². The van der Waals surface area contributed by atoms with Crippen LogP contribution in [0.1, 0.15) is 18.1 Å². The molecule has 1 aliphatic heterocycles. The summed E-state index contributed by atoms with van der Waals surface area (Å²) < 4.78 is 26.9. The van der Waals surface area contributed by atoms with Gasteiger partial charge in [-0.3, -0.25) is 4.90 Å². The summed E-state index contributed by atoms with van der Waals surface area (Å²) in [6, 6.07) is 7.50. The predicted octanol–water partition coefficient (Wildman–Crippen LogP) is 1.77. The molecule has 6 heteroatoms. The summed E-state index contributed by atoms with van der Waals surface area (Å²) in [5.74, 6) is -0.0251. The third-order valence-corrected chi connectivity index (χ3v) is 6.09. The number of nitriles is 1. The molecule has 1 atom stereocenters. The van der Waals surface area contributed by atoms with Crippen LogP contribution in [0.3, 0.4) is 0 Å². The molecule has 5 nitrogen and oxygen atoms in total. The van der Waals surface area contributed by atoms with Gasteiger partial charge in [-0.1, -0.05) is 6.07 Å². The van der Waals surface area contributed by atoms with Gasteiger partial charge in [0.25, 0.3) is 0 Å². The third kappa shape index (κ3) is 3.67. The van der Waals surface area contributed by atoms with Crippen LogP contribution in [0.5, 0.6) is 0 Å². The van der Waals surface area contributed by atoms with Crippen molar-refractivity contribution in [2.45, 2.75) is 25.7 Å². The number of aryl methyl sites for hydroxylation is 2. The minimum Gasteiger partial charge on any atom is -0.299 e.